The minimum atomic E-state index is -0.228. The first-order valence-electron chi connectivity index (χ1n) is 6.29. The molecule has 0 fully saturated rings. The van der Waals surface area contributed by atoms with E-state index in [4.69, 9.17) is 0 Å². The van der Waals surface area contributed by atoms with Crippen LogP contribution in [0.25, 0.3) is 0 Å². The third-order valence-corrected chi connectivity index (χ3v) is 3.55. The molecule has 0 aromatic rings. The van der Waals surface area contributed by atoms with Crippen LogP contribution in [0.4, 0.5) is 4.39 Å². The Kier molecular flexibility index (Phi) is 5.03. The maximum Gasteiger partial charge on any atom is 0.136 e. The molecule has 0 saturated heterocycles. The smallest absolute Gasteiger partial charge is 0.136 e. The Morgan fingerprint density at radius 2 is 2.12 bits per heavy atom. The number of carbonyl (C=O) groups is 2. The average Bonchev–Trinajstić information content (AvgIpc) is 2.26. The molecule has 0 spiro atoms. The zero-order chi connectivity index (χ0) is 13.0. The molecule has 2 unspecified atom stereocenters. The van der Waals surface area contributed by atoms with Crippen LogP contribution in [0, 0.1) is 17.8 Å². The van der Waals surface area contributed by atoms with E-state index >= 15 is 0 Å². The van der Waals surface area contributed by atoms with Crippen LogP contribution in [0.5, 0.6) is 0 Å². The summed E-state index contributed by atoms with van der Waals surface area (Å²) in [5.74, 6) is -0.0321. The first-order valence-corrected chi connectivity index (χ1v) is 6.29. The molecule has 0 aromatic carbocycles. The summed E-state index contributed by atoms with van der Waals surface area (Å²) in [7, 11) is 0. The molecule has 2 atom stereocenters. The van der Waals surface area contributed by atoms with Gasteiger partial charge >= 0.3 is 0 Å². The highest BCUT2D eigenvalue weighted by Crippen LogP contribution is 2.32. The quantitative estimate of drug-likeness (QED) is 0.737. The predicted molar refractivity (Wildman–Crippen MR) is 65.2 cm³/mol. The van der Waals surface area contributed by atoms with Crippen molar-refractivity contribution in [2.45, 2.75) is 46.5 Å². The Morgan fingerprint density at radius 1 is 1.47 bits per heavy atom. The highest BCUT2D eigenvalue weighted by Gasteiger charge is 2.29. The summed E-state index contributed by atoms with van der Waals surface area (Å²) in [6.45, 7) is 5.23. The van der Waals surface area contributed by atoms with E-state index in [9.17, 15) is 14.0 Å². The van der Waals surface area contributed by atoms with E-state index in [0.29, 0.717) is 25.7 Å². The second-order valence-corrected chi connectivity index (χ2v) is 5.23. The van der Waals surface area contributed by atoms with Gasteiger partial charge in [0.25, 0.3) is 0 Å². The molecular weight excluding hydrogens is 219 g/mol. The molecule has 0 bridgehead atoms. The fraction of sp³-hybridized carbons (Fsp3) is 0.714. The first kappa shape index (κ1) is 14.1. The molecule has 17 heavy (non-hydrogen) atoms. The van der Waals surface area contributed by atoms with Crippen molar-refractivity contribution >= 4 is 11.6 Å². The van der Waals surface area contributed by atoms with Gasteiger partial charge < -0.3 is 0 Å². The molecule has 0 radical (unpaired) electrons. The number of ketones is 2. The lowest BCUT2D eigenvalue weighted by Gasteiger charge is -2.26. The van der Waals surface area contributed by atoms with Crippen molar-refractivity contribution in [1.29, 1.82) is 0 Å². The van der Waals surface area contributed by atoms with Gasteiger partial charge in [0.1, 0.15) is 11.6 Å². The molecule has 1 aliphatic rings. The number of allylic oxidation sites excluding steroid dienone is 2. The second-order valence-electron chi connectivity index (χ2n) is 5.23. The third kappa shape index (κ3) is 4.06. The Morgan fingerprint density at radius 3 is 2.53 bits per heavy atom. The van der Waals surface area contributed by atoms with Crippen LogP contribution in [-0.4, -0.2) is 11.6 Å². The Hall–Kier alpha value is -0.990. The zero-order valence-electron chi connectivity index (χ0n) is 10.8. The highest BCUT2D eigenvalue weighted by atomic mass is 19.1. The van der Waals surface area contributed by atoms with Crippen molar-refractivity contribution in [2.24, 2.45) is 17.8 Å². The molecule has 96 valence electrons. The average molecular weight is 240 g/mol. The van der Waals surface area contributed by atoms with E-state index in [-0.39, 0.29) is 35.1 Å². The van der Waals surface area contributed by atoms with Crippen molar-refractivity contribution in [3.8, 4) is 0 Å². The summed E-state index contributed by atoms with van der Waals surface area (Å²) in [4.78, 5) is 23.3. The first-order chi connectivity index (χ1) is 7.91. The fourth-order valence-corrected chi connectivity index (χ4v) is 2.28. The molecule has 0 heterocycles. The van der Waals surface area contributed by atoms with E-state index in [1.54, 1.807) is 6.08 Å². The van der Waals surface area contributed by atoms with Crippen molar-refractivity contribution in [1.82, 2.24) is 0 Å². The van der Waals surface area contributed by atoms with Gasteiger partial charge in [-0.15, -0.1) is 0 Å². The van der Waals surface area contributed by atoms with Gasteiger partial charge in [-0.05, 0) is 32.1 Å². The van der Waals surface area contributed by atoms with Crippen LogP contribution in [0.15, 0.2) is 11.9 Å². The van der Waals surface area contributed by atoms with E-state index in [2.05, 4.69) is 0 Å². The van der Waals surface area contributed by atoms with Gasteiger partial charge in [-0.3, -0.25) is 9.59 Å². The highest BCUT2D eigenvalue weighted by molar-refractivity contribution is 5.87. The Bertz CT molecular complexity index is 331. The van der Waals surface area contributed by atoms with Gasteiger partial charge in [-0.1, -0.05) is 19.9 Å². The number of halogens is 1. The zero-order valence-corrected chi connectivity index (χ0v) is 10.8. The lowest BCUT2D eigenvalue weighted by molar-refractivity contribution is -0.130. The van der Waals surface area contributed by atoms with E-state index in [0.717, 1.165) is 0 Å². The fourth-order valence-electron chi connectivity index (χ4n) is 2.28. The SMILES string of the molecule is CC(=O)C(CC(=O)C(C)C)C1CC=C(F)CC1. The van der Waals surface area contributed by atoms with Gasteiger partial charge in [0.2, 0.25) is 0 Å². The van der Waals surface area contributed by atoms with Crippen molar-refractivity contribution in [3.05, 3.63) is 11.9 Å². The molecule has 0 amide bonds. The lowest BCUT2D eigenvalue weighted by atomic mass is 9.77. The predicted octanol–water partition coefficient (Wildman–Crippen LogP) is 3.46. The molecule has 0 aromatic heterocycles. The molecule has 2 nitrogen and oxygen atoms in total. The second kappa shape index (κ2) is 6.08. The number of hydrogen-bond acceptors (Lipinski definition) is 2. The van der Waals surface area contributed by atoms with Crippen LogP contribution in [0.3, 0.4) is 0 Å². The van der Waals surface area contributed by atoms with E-state index in [1.165, 1.54) is 6.92 Å². The summed E-state index contributed by atoms with van der Waals surface area (Å²) >= 11 is 0. The molecule has 1 rings (SSSR count). The topological polar surface area (TPSA) is 34.1 Å². The summed E-state index contributed by atoms with van der Waals surface area (Å²) < 4.78 is 12.9. The van der Waals surface area contributed by atoms with Gasteiger partial charge in [0.15, 0.2) is 0 Å². The minimum absolute atomic E-state index is 0.0345. The minimum Gasteiger partial charge on any atom is -0.300 e. The summed E-state index contributed by atoms with van der Waals surface area (Å²) in [6, 6.07) is 0. The Labute approximate surface area is 102 Å². The normalized spacial score (nSPS) is 22.2. The number of hydrogen-bond donors (Lipinski definition) is 0. The largest absolute Gasteiger partial charge is 0.300 e. The molecule has 3 heteroatoms. The molecule has 0 saturated carbocycles. The maximum atomic E-state index is 12.9. The van der Waals surface area contributed by atoms with Crippen LogP contribution in [0.2, 0.25) is 0 Å². The molecular formula is C14H21FO2. The summed E-state index contributed by atoms with van der Waals surface area (Å²) in [5, 5.41) is 0. The van der Waals surface area contributed by atoms with Crippen LogP contribution in [-0.2, 0) is 9.59 Å². The third-order valence-electron chi connectivity index (χ3n) is 3.55. The lowest BCUT2D eigenvalue weighted by Crippen LogP contribution is -2.27. The molecule has 0 aliphatic heterocycles. The van der Waals surface area contributed by atoms with Crippen LogP contribution >= 0.6 is 0 Å². The van der Waals surface area contributed by atoms with E-state index in [1.807, 2.05) is 13.8 Å². The summed E-state index contributed by atoms with van der Waals surface area (Å²) in [6.07, 6.45) is 3.54. The van der Waals surface area contributed by atoms with Crippen LogP contribution in [0.1, 0.15) is 46.5 Å². The van der Waals surface area contributed by atoms with Crippen molar-refractivity contribution < 1.29 is 14.0 Å². The Balaban J connectivity index is 2.67. The molecule has 0 N–H and O–H groups in total. The van der Waals surface area contributed by atoms with E-state index < -0.39 is 0 Å². The standard InChI is InChI=1S/C14H21FO2/c1-9(2)14(17)8-13(10(3)16)11-4-6-12(15)7-5-11/h6,9,11,13H,4-5,7-8H2,1-3H3. The number of Topliss-reactive ketones (excluding diaryl/α,β-unsaturated/α-hetero) is 2. The van der Waals surface area contributed by atoms with Gasteiger partial charge in [-0.2, -0.15) is 0 Å². The van der Waals surface area contributed by atoms with Crippen molar-refractivity contribution in [2.75, 3.05) is 0 Å². The summed E-state index contributed by atoms with van der Waals surface area (Å²) in [5.41, 5.74) is 0. The monoisotopic (exact) mass is 240 g/mol. The van der Waals surface area contributed by atoms with Crippen LogP contribution < -0.4 is 0 Å². The molecule has 1 aliphatic carbocycles. The van der Waals surface area contributed by atoms with Gasteiger partial charge in [0, 0.05) is 18.3 Å². The van der Waals surface area contributed by atoms with Crippen molar-refractivity contribution in [3.63, 3.8) is 0 Å². The van der Waals surface area contributed by atoms with Gasteiger partial charge in [-0.25, -0.2) is 4.39 Å². The maximum absolute atomic E-state index is 12.9. The van der Waals surface area contributed by atoms with Gasteiger partial charge in [0.05, 0.1) is 5.83 Å². The number of rotatable bonds is 5. The number of carbonyl (C=O) groups excluding carboxylic acids is 2.